The van der Waals surface area contributed by atoms with E-state index in [9.17, 15) is 0 Å². The van der Waals surface area contributed by atoms with Crippen LogP contribution < -0.4 is 4.90 Å². The molecular weight excluding hydrogens is 398 g/mol. The fraction of sp³-hybridized carbons (Fsp3) is 0.250. The second-order valence-electron chi connectivity index (χ2n) is 7.74. The lowest BCUT2D eigenvalue weighted by Gasteiger charge is -2.38. The number of fused-ring (bicyclic) bond motifs is 3. The predicted octanol–water partition coefficient (Wildman–Crippen LogP) is 6.22. The molecule has 0 amide bonds. The average Bonchev–Trinajstić information content (AvgIpc) is 3.32. The van der Waals surface area contributed by atoms with Crippen LogP contribution in [0.4, 0.5) is 5.69 Å². The highest BCUT2D eigenvalue weighted by Crippen LogP contribution is 2.55. The van der Waals surface area contributed by atoms with Crippen molar-refractivity contribution in [3.8, 4) is 11.3 Å². The Balaban J connectivity index is 1.80. The van der Waals surface area contributed by atoms with Gasteiger partial charge >= 0.3 is 0 Å². The van der Waals surface area contributed by atoms with Gasteiger partial charge in [0.25, 0.3) is 0 Å². The minimum atomic E-state index is 0.286. The molecule has 0 saturated carbocycles. The van der Waals surface area contributed by atoms with Crippen LogP contribution in [-0.2, 0) is 6.54 Å². The summed E-state index contributed by atoms with van der Waals surface area (Å²) >= 11 is 8.35. The number of rotatable bonds is 2. The van der Waals surface area contributed by atoms with E-state index in [1.165, 1.54) is 33.8 Å². The maximum absolute atomic E-state index is 6.34. The number of nitrogens with zero attached hydrogens (tertiary/aromatic N) is 3. The number of hydrogen-bond donors (Lipinski definition) is 0. The van der Waals surface area contributed by atoms with Crippen LogP contribution >= 0.6 is 23.4 Å². The number of halogens is 1. The maximum atomic E-state index is 6.34. The highest BCUT2D eigenvalue weighted by molar-refractivity contribution is 7.99. The monoisotopic (exact) mass is 421 g/mol. The van der Waals surface area contributed by atoms with Crippen LogP contribution in [0.1, 0.15) is 22.9 Å². The summed E-state index contributed by atoms with van der Waals surface area (Å²) in [5.74, 6) is 2.02. The highest BCUT2D eigenvalue weighted by atomic mass is 35.5. The van der Waals surface area contributed by atoms with Gasteiger partial charge < -0.3 is 14.4 Å². The molecule has 29 heavy (non-hydrogen) atoms. The van der Waals surface area contributed by atoms with E-state index in [0.29, 0.717) is 0 Å². The van der Waals surface area contributed by atoms with Crippen molar-refractivity contribution in [2.45, 2.75) is 18.2 Å². The Morgan fingerprint density at radius 3 is 2.52 bits per heavy atom. The van der Waals surface area contributed by atoms with Gasteiger partial charge in [-0.2, -0.15) is 0 Å². The molecule has 3 nitrogen and oxygen atoms in total. The number of aromatic nitrogens is 1. The van der Waals surface area contributed by atoms with Crippen LogP contribution in [-0.4, -0.2) is 29.3 Å². The summed E-state index contributed by atoms with van der Waals surface area (Å²) in [6.07, 6.45) is 5.08. The third-order valence-corrected chi connectivity index (χ3v) is 7.70. The van der Waals surface area contributed by atoms with E-state index >= 15 is 0 Å². The minimum absolute atomic E-state index is 0.286. The second-order valence-corrected chi connectivity index (χ2v) is 9.44. The van der Waals surface area contributed by atoms with Crippen molar-refractivity contribution in [3.63, 3.8) is 0 Å². The maximum Gasteiger partial charge on any atom is 0.105 e. The molecule has 0 fully saturated rings. The standard InChI is InChI=1S/C24H24ClN3S/c1-15-20-21(17-8-6-5-7-9-17)28-12-13-29-24(18-10-11-19(25)14-18)23(28)22(20)27(4)16(2)26(15)3/h5-11,24H,1-2,12-14H2,3-4H3. The van der Waals surface area contributed by atoms with E-state index < -0.39 is 0 Å². The molecular formula is C24H24ClN3S. The zero-order chi connectivity index (χ0) is 20.3. The molecule has 1 aliphatic carbocycles. The summed E-state index contributed by atoms with van der Waals surface area (Å²) in [5, 5.41) is 1.21. The van der Waals surface area contributed by atoms with Crippen LogP contribution in [0.15, 0.2) is 72.1 Å². The average molecular weight is 422 g/mol. The molecule has 2 aromatic rings. The topological polar surface area (TPSA) is 11.4 Å². The molecule has 1 aromatic carbocycles. The van der Waals surface area contributed by atoms with Crippen molar-refractivity contribution in [3.05, 3.63) is 83.3 Å². The van der Waals surface area contributed by atoms with E-state index in [4.69, 9.17) is 11.6 Å². The molecule has 2 aliphatic heterocycles. The molecule has 3 aliphatic rings. The number of hydrogen-bond acceptors (Lipinski definition) is 3. The van der Waals surface area contributed by atoms with E-state index in [1.807, 2.05) is 24.9 Å². The first kappa shape index (κ1) is 18.7. The molecule has 1 atom stereocenters. The van der Waals surface area contributed by atoms with Crippen LogP contribution in [0, 0.1) is 0 Å². The fourth-order valence-corrected chi connectivity index (χ4v) is 6.14. The highest BCUT2D eigenvalue weighted by Gasteiger charge is 2.39. The van der Waals surface area contributed by atoms with E-state index in [2.05, 4.69) is 71.0 Å². The van der Waals surface area contributed by atoms with Crippen molar-refractivity contribution >= 4 is 34.7 Å². The van der Waals surface area contributed by atoms with Gasteiger partial charge in [0, 0.05) is 49.1 Å². The molecule has 0 radical (unpaired) electrons. The van der Waals surface area contributed by atoms with Crippen molar-refractivity contribution in [1.82, 2.24) is 9.47 Å². The van der Waals surface area contributed by atoms with Gasteiger partial charge in [-0.05, 0) is 17.2 Å². The molecule has 0 spiro atoms. The van der Waals surface area contributed by atoms with Crippen molar-refractivity contribution in [2.75, 3.05) is 24.7 Å². The Kier molecular flexibility index (Phi) is 4.45. The lowest BCUT2D eigenvalue weighted by Crippen LogP contribution is -2.34. The first-order valence-corrected chi connectivity index (χ1v) is 11.3. The van der Waals surface area contributed by atoms with Crippen molar-refractivity contribution in [1.29, 1.82) is 0 Å². The Labute approximate surface area is 181 Å². The zero-order valence-corrected chi connectivity index (χ0v) is 18.4. The third kappa shape index (κ3) is 2.73. The van der Waals surface area contributed by atoms with Crippen LogP contribution in [0.25, 0.3) is 17.0 Å². The number of thioether (sulfide) groups is 1. The normalized spacial score (nSPS) is 21.1. The molecule has 148 valence electrons. The van der Waals surface area contributed by atoms with Gasteiger partial charge in [-0.15, -0.1) is 11.8 Å². The fourth-order valence-electron chi connectivity index (χ4n) is 4.62. The molecule has 0 N–H and O–H groups in total. The minimum Gasteiger partial charge on any atom is -0.340 e. The van der Waals surface area contributed by atoms with Gasteiger partial charge in [-0.3, -0.25) is 0 Å². The van der Waals surface area contributed by atoms with Gasteiger partial charge in [-0.1, -0.05) is 61.2 Å². The smallest absolute Gasteiger partial charge is 0.105 e. The first-order chi connectivity index (χ1) is 14.0. The van der Waals surface area contributed by atoms with Gasteiger partial charge in [0.1, 0.15) is 5.82 Å². The largest absolute Gasteiger partial charge is 0.340 e. The summed E-state index contributed by atoms with van der Waals surface area (Å²) in [6.45, 7) is 9.76. The summed E-state index contributed by atoms with van der Waals surface area (Å²) in [5.41, 5.74) is 8.67. The third-order valence-electron chi connectivity index (χ3n) is 6.16. The Bertz CT molecular complexity index is 1090. The van der Waals surface area contributed by atoms with Crippen molar-refractivity contribution < 1.29 is 0 Å². The Morgan fingerprint density at radius 1 is 1.07 bits per heavy atom. The van der Waals surface area contributed by atoms with E-state index in [-0.39, 0.29) is 5.25 Å². The number of allylic oxidation sites excluding steroid dienone is 3. The summed E-state index contributed by atoms with van der Waals surface area (Å²) in [4.78, 5) is 4.32. The quantitative estimate of drug-likeness (QED) is 0.570. The van der Waals surface area contributed by atoms with Gasteiger partial charge in [0.05, 0.1) is 22.3 Å². The number of anilines is 1. The van der Waals surface area contributed by atoms with Gasteiger partial charge in [0.2, 0.25) is 0 Å². The van der Waals surface area contributed by atoms with Crippen LogP contribution in [0.5, 0.6) is 0 Å². The van der Waals surface area contributed by atoms with E-state index in [1.54, 1.807) is 0 Å². The molecule has 0 saturated heterocycles. The Morgan fingerprint density at radius 2 is 1.83 bits per heavy atom. The van der Waals surface area contributed by atoms with Crippen LogP contribution in [0.3, 0.4) is 0 Å². The lowest BCUT2D eigenvalue weighted by molar-refractivity contribution is 0.567. The lowest BCUT2D eigenvalue weighted by atomic mass is 10.00. The molecule has 5 rings (SSSR count). The molecule has 1 unspecified atom stereocenters. The molecule has 5 heteroatoms. The molecule has 3 heterocycles. The zero-order valence-electron chi connectivity index (χ0n) is 16.8. The Hall–Kier alpha value is -2.30. The van der Waals surface area contributed by atoms with Gasteiger partial charge in [0.15, 0.2) is 0 Å². The number of benzene rings is 1. The SMILES string of the molecule is C=C1c2c(c3n(c2-c2ccccc2)CCSC3C2=CC=C(Cl)C2)N(C)C(=C)N1C. The van der Waals surface area contributed by atoms with E-state index in [0.717, 1.165) is 35.3 Å². The summed E-state index contributed by atoms with van der Waals surface area (Å²) in [6, 6.07) is 10.7. The first-order valence-electron chi connectivity index (χ1n) is 9.83. The summed E-state index contributed by atoms with van der Waals surface area (Å²) in [7, 11) is 4.16. The van der Waals surface area contributed by atoms with Gasteiger partial charge in [-0.25, -0.2) is 0 Å². The molecule has 0 bridgehead atoms. The predicted molar refractivity (Wildman–Crippen MR) is 126 cm³/mol. The van der Waals surface area contributed by atoms with Crippen molar-refractivity contribution in [2.24, 2.45) is 0 Å². The second kappa shape index (κ2) is 6.89. The molecule has 1 aromatic heterocycles. The summed E-state index contributed by atoms with van der Waals surface area (Å²) < 4.78 is 2.52. The van der Waals surface area contributed by atoms with Crippen LogP contribution in [0.2, 0.25) is 0 Å².